The number of nitrogens with zero attached hydrogens (tertiary/aromatic N) is 3. The van der Waals surface area contributed by atoms with Crippen molar-refractivity contribution in [2.75, 3.05) is 16.9 Å². The first kappa shape index (κ1) is 13.1. The van der Waals surface area contributed by atoms with Gasteiger partial charge in [-0.25, -0.2) is 15.8 Å². The van der Waals surface area contributed by atoms with Crippen LogP contribution in [0.25, 0.3) is 0 Å². The predicted molar refractivity (Wildman–Crippen MR) is 74.5 cm³/mol. The summed E-state index contributed by atoms with van der Waals surface area (Å²) in [5.74, 6) is 8.68. The van der Waals surface area contributed by atoms with Crippen LogP contribution in [-0.2, 0) is 0 Å². The molecule has 1 aliphatic heterocycles. The Labute approximate surface area is 109 Å². The predicted octanol–water partition coefficient (Wildman–Crippen LogP) is 2.00. The van der Waals surface area contributed by atoms with E-state index in [0.29, 0.717) is 12.0 Å². The number of hydrazine groups is 1. The van der Waals surface area contributed by atoms with Crippen molar-refractivity contribution in [1.29, 1.82) is 0 Å². The summed E-state index contributed by atoms with van der Waals surface area (Å²) in [5, 5.41) is 0. The molecule has 0 radical (unpaired) electrons. The minimum atomic E-state index is 0.573. The van der Waals surface area contributed by atoms with Crippen molar-refractivity contribution in [3.63, 3.8) is 0 Å². The summed E-state index contributed by atoms with van der Waals surface area (Å²) in [6.07, 6.45) is 2.47. The van der Waals surface area contributed by atoms with Crippen LogP contribution < -0.4 is 16.2 Å². The molecule has 5 heteroatoms. The van der Waals surface area contributed by atoms with Gasteiger partial charge in [-0.15, -0.1) is 0 Å². The smallest absolute Gasteiger partial charge is 0.148 e. The van der Waals surface area contributed by atoms with Crippen molar-refractivity contribution in [3.8, 4) is 0 Å². The number of nitrogen functional groups attached to an aromatic ring is 1. The first-order chi connectivity index (χ1) is 8.54. The van der Waals surface area contributed by atoms with Crippen LogP contribution in [0.1, 0.15) is 38.1 Å². The van der Waals surface area contributed by atoms with E-state index in [1.54, 1.807) is 0 Å². The number of nitrogens with two attached hydrogens (primary N) is 1. The lowest BCUT2D eigenvalue weighted by Gasteiger charge is -2.30. The zero-order valence-corrected chi connectivity index (χ0v) is 11.7. The Bertz CT molecular complexity index is 430. The van der Waals surface area contributed by atoms with Crippen molar-refractivity contribution < 1.29 is 0 Å². The van der Waals surface area contributed by atoms with Crippen molar-refractivity contribution >= 4 is 11.6 Å². The number of aryl methyl sites for hydroxylation is 1. The monoisotopic (exact) mass is 249 g/mol. The van der Waals surface area contributed by atoms with Gasteiger partial charge in [-0.2, -0.15) is 0 Å². The lowest BCUT2D eigenvalue weighted by molar-refractivity contribution is 0.489. The first-order valence-electron chi connectivity index (χ1n) is 6.63. The Morgan fingerprint density at radius 2 is 2.06 bits per heavy atom. The van der Waals surface area contributed by atoms with E-state index in [1.165, 1.54) is 12.8 Å². The van der Waals surface area contributed by atoms with Crippen molar-refractivity contribution in [1.82, 2.24) is 9.97 Å². The molecular weight excluding hydrogens is 226 g/mol. The summed E-state index contributed by atoms with van der Waals surface area (Å²) in [6, 6.07) is 0.573. The summed E-state index contributed by atoms with van der Waals surface area (Å²) in [4.78, 5) is 11.3. The van der Waals surface area contributed by atoms with Crippen LogP contribution >= 0.6 is 0 Å². The summed E-state index contributed by atoms with van der Waals surface area (Å²) in [7, 11) is 0. The molecule has 0 saturated carbocycles. The zero-order valence-electron chi connectivity index (χ0n) is 11.7. The van der Waals surface area contributed by atoms with Gasteiger partial charge in [0, 0.05) is 18.2 Å². The molecule has 0 aromatic carbocycles. The molecule has 100 valence electrons. The Hall–Kier alpha value is -1.36. The van der Waals surface area contributed by atoms with Crippen molar-refractivity contribution in [2.45, 2.75) is 46.6 Å². The van der Waals surface area contributed by atoms with Gasteiger partial charge in [0.25, 0.3) is 0 Å². The normalized spacial score (nSPS) is 19.7. The molecule has 1 aliphatic rings. The van der Waals surface area contributed by atoms with Crippen LogP contribution in [0.2, 0.25) is 0 Å². The average Bonchev–Trinajstić information content (AvgIpc) is 2.80. The van der Waals surface area contributed by atoms with Crippen LogP contribution in [0.5, 0.6) is 0 Å². The molecule has 1 unspecified atom stereocenters. The van der Waals surface area contributed by atoms with E-state index in [4.69, 9.17) is 5.84 Å². The second-order valence-electron chi connectivity index (χ2n) is 5.36. The fourth-order valence-electron chi connectivity index (χ4n) is 2.78. The van der Waals surface area contributed by atoms with E-state index in [2.05, 4.69) is 34.1 Å². The molecule has 0 spiro atoms. The van der Waals surface area contributed by atoms with E-state index < -0.39 is 0 Å². The van der Waals surface area contributed by atoms with Gasteiger partial charge in [-0.05, 0) is 32.6 Å². The van der Waals surface area contributed by atoms with E-state index in [0.717, 1.165) is 29.6 Å². The molecule has 0 amide bonds. The number of hydrogen-bond donors (Lipinski definition) is 2. The summed E-state index contributed by atoms with van der Waals surface area (Å²) in [6.45, 7) is 9.55. The number of nitrogens with one attached hydrogen (secondary N) is 1. The highest BCUT2D eigenvalue weighted by Gasteiger charge is 2.29. The standard InChI is InChI=1S/C13H23N5/c1-8(2)11-6-5-7-18(11)13-9(3)12(17-14)15-10(4)16-13/h8,11H,5-7,14H2,1-4H3,(H,15,16,17). The van der Waals surface area contributed by atoms with Gasteiger partial charge >= 0.3 is 0 Å². The minimum Gasteiger partial charge on any atom is -0.353 e. The molecule has 1 saturated heterocycles. The molecule has 1 aromatic heterocycles. The van der Waals surface area contributed by atoms with Gasteiger partial charge in [0.2, 0.25) is 0 Å². The summed E-state index contributed by atoms with van der Waals surface area (Å²) in [5.41, 5.74) is 3.70. The van der Waals surface area contributed by atoms with Crippen LogP contribution in [0.4, 0.5) is 11.6 Å². The summed E-state index contributed by atoms with van der Waals surface area (Å²) < 4.78 is 0. The number of aromatic nitrogens is 2. The highest BCUT2D eigenvalue weighted by molar-refractivity contribution is 5.59. The van der Waals surface area contributed by atoms with Crippen molar-refractivity contribution in [3.05, 3.63) is 11.4 Å². The van der Waals surface area contributed by atoms with Gasteiger partial charge in [0.15, 0.2) is 0 Å². The zero-order chi connectivity index (χ0) is 13.3. The number of anilines is 2. The Morgan fingerprint density at radius 3 is 2.67 bits per heavy atom. The van der Waals surface area contributed by atoms with Crippen LogP contribution in [0, 0.1) is 19.8 Å². The molecule has 1 fully saturated rings. The van der Waals surface area contributed by atoms with Crippen LogP contribution in [-0.4, -0.2) is 22.6 Å². The van der Waals surface area contributed by atoms with Crippen molar-refractivity contribution in [2.24, 2.45) is 11.8 Å². The van der Waals surface area contributed by atoms with E-state index >= 15 is 0 Å². The molecule has 2 rings (SSSR count). The lowest BCUT2D eigenvalue weighted by Crippen LogP contribution is -2.35. The van der Waals surface area contributed by atoms with Gasteiger partial charge in [0.1, 0.15) is 17.5 Å². The molecule has 18 heavy (non-hydrogen) atoms. The quantitative estimate of drug-likeness (QED) is 0.633. The third-order valence-electron chi connectivity index (χ3n) is 3.71. The number of rotatable bonds is 3. The SMILES string of the molecule is Cc1nc(NN)c(C)c(N2CCCC2C(C)C)n1. The lowest BCUT2D eigenvalue weighted by atomic mass is 10.0. The highest BCUT2D eigenvalue weighted by atomic mass is 15.3. The third kappa shape index (κ3) is 2.27. The first-order valence-corrected chi connectivity index (χ1v) is 6.63. The molecule has 1 aromatic rings. The maximum atomic E-state index is 5.52. The van der Waals surface area contributed by atoms with Crippen LogP contribution in [0.3, 0.4) is 0 Å². The fourth-order valence-corrected chi connectivity index (χ4v) is 2.78. The minimum absolute atomic E-state index is 0.573. The van der Waals surface area contributed by atoms with Gasteiger partial charge in [0.05, 0.1) is 0 Å². The summed E-state index contributed by atoms with van der Waals surface area (Å²) >= 11 is 0. The maximum absolute atomic E-state index is 5.52. The van der Waals surface area contributed by atoms with E-state index in [-0.39, 0.29) is 0 Å². The Morgan fingerprint density at radius 1 is 1.33 bits per heavy atom. The largest absolute Gasteiger partial charge is 0.353 e. The molecule has 3 N–H and O–H groups in total. The fraction of sp³-hybridized carbons (Fsp3) is 0.692. The maximum Gasteiger partial charge on any atom is 0.148 e. The topological polar surface area (TPSA) is 67.1 Å². The Kier molecular flexibility index (Phi) is 3.71. The second kappa shape index (κ2) is 5.10. The average molecular weight is 249 g/mol. The van der Waals surface area contributed by atoms with Gasteiger partial charge < -0.3 is 10.3 Å². The third-order valence-corrected chi connectivity index (χ3v) is 3.71. The molecule has 0 aliphatic carbocycles. The molecule has 2 heterocycles. The number of hydrogen-bond acceptors (Lipinski definition) is 5. The van der Waals surface area contributed by atoms with Crippen LogP contribution in [0.15, 0.2) is 0 Å². The van der Waals surface area contributed by atoms with E-state index in [1.807, 2.05) is 13.8 Å². The van der Waals surface area contributed by atoms with Gasteiger partial charge in [-0.1, -0.05) is 13.8 Å². The Balaban J connectivity index is 2.41. The van der Waals surface area contributed by atoms with Gasteiger partial charge in [-0.3, -0.25) is 0 Å². The molecule has 1 atom stereocenters. The molecular formula is C13H23N5. The van der Waals surface area contributed by atoms with E-state index in [9.17, 15) is 0 Å². The molecule has 5 nitrogen and oxygen atoms in total. The molecule has 0 bridgehead atoms. The highest BCUT2D eigenvalue weighted by Crippen LogP contribution is 2.32. The second-order valence-corrected chi connectivity index (χ2v) is 5.36.